The Balaban J connectivity index is 1.37. The maximum absolute atomic E-state index is 14.1. The highest BCUT2D eigenvalue weighted by molar-refractivity contribution is 5.99. The number of nitrogens with one attached hydrogen (secondary N) is 1. The fraction of sp³-hybridized carbons (Fsp3) is 0.286. The lowest BCUT2D eigenvalue weighted by molar-refractivity contribution is -0.00158. The maximum Gasteiger partial charge on any atom is 0.257 e. The van der Waals surface area contributed by atoms with E-state index in [0.29, 0.717) is 36.5 Å². The zero-order valence-corrected chi connectivity index (χ0v) is 15.3. The number of piperidine rings is 1. The van der Waals surface area contributed by atoms with Crippen molar-refractivity contribution >= 4 is 5.91 Å². The average molecular weight is 380 g/mol. The fourth-order valence-electron chi connectivity index (χ4n) is 3.40. The van der Waals surface area contributed by atoms with Crippen LogP contribution in [0.3, 0.4) is 0 Å². The van der Waals surface area contributed by atoms with Gasteiger partial charge in [-0.15, -0.1) is 0 Å². The van der Waals surface area contributed by atoms with Gasteiger partial charge >= 0.3 is 0 Å². The third kappa shape index (κ3) is 3.94. The van der Waals surface area contributed by atoms with Gasteiger partial charge in [-0.05, 0) is 37.1 Å². The van der Waals surface area contributed by atoms with Crippen LogP contribution >= 0.6 is 0 Å². The first kappa shape index (κ1) is 18.3. The van der Waals surface area contributed by atoms with Crippen molar-refractivity contribution in [3.05, 3.63) is 71.9 Å². The molecule has 7 heteroatoms. The van der Waals surface area contributed by atoms with Gasteiger partial charge in [0.15, 0.2) is 0 Å². The Morgan fingerprint density at radius 2 is 1.96 bits per heavy atom. The van der Waals surface area contributed by atoms with Crippen LogP contribution in [0.4, 0.5) is 4.39 Å². The molecule has 0 bridgehead atoms. The molecule has 0 aliphatic carbocycles. The van der Waals surface area contributed by atoms with Gasteiger partial charge in [-0.3, -0.25) is 14.9 Å². The van der Waals surface area contributed by atoms with Crippen LogP contribution in [-0.2, 0) is 11.3 Å². The van der Waals surface area contributed by atoms with Gasteiger partial charge in [0.05, 0.1) is 35.9 Å². The number of benzene rings is 1. The molecular weight excluding hydrogens is 359 g/mol. The summed E-state index contributed by atoms with van der Waals surface area (Å²) in [6.07, 6.45) is 4.82. The van der Waals surface area contributed by atoms with Gasteiger partial charge in [0.2, 0.25) is 0 Å². The third-order valence-corrected chi connectivity index (χ3v) is 4.94. The van der Waals surface area contributed by atoms with Crippen molar-refractivity contribution in [3.63, 3.8) is 0 Å². The van der Waals surface area contributed by atoms with E-state index in [1.807, 2.05) is 18.2 Å². The molecule has 3 aromatic rings. The van der Waals surface area contributed by atoms with Gasteiger partial charge in [0.25, 0.3) is 5.91 Å². The number of pyridine rings is 1. The molecule has 144 valence electrons. The van der Waals surface area contributed by atoms with E-state index in [2.05, 4.69) is 15.2 Å². The fourth-order valence-corrected chi connectivity index (χ4v) is 3.40. The Morgan fingerprint density at radius 3 is 2.71 bits per heavy atom. The molecule has 28 heavy (non-hydrogen) atoms. The summed E-state index contributed by atoms with van der Waals surface area (Å²) in [7, 11) is 0. The maximum atomic E-state index is 14.1. The van der Waals surface area contributed by atoms with E-state index in [4.69, 9.17) is 4.74 Å². The van der Waals surface area contributed by atoms with Gasteiger partial charge in [-0.2, -0.15) is 5.10 Å². The number of rotatable bonds is 5. The highest BCUT2D eigenvalue weighted by Crippen LogP contribution is 2.26. The van der Waals surface area contributed by atoms with Crippen molar-refractivity contribution in [2.75, 3.05) is 13.1 Å². The number of aromatic nitrogens is 3. The molecule has 1 saturated heterocycles. The molecule has 0 spiro atoms. The number of hydrogen-bond donors (Lipinski definition) is 1. The van der Waals surface area contributed by atoms with Crippen LogP contribution in [0.1, 0.15) is 28.9 Å². The van der Waals surface area contributed by atoms with Crippen LogP contribution < -0.4 is 0 Å². The topological polar surface area (TPSA) is 71.1 Å². The smallest absolute Gasteiger partial charge is 0.257 e. The second kappa shape index (κ2) is 8.31. The standard InChI is InChI=1S/C21H21FN4O2/c22-19-7-2-1-6-17(19)20-18(13-24-25-20)21(27)26-11-8-16(9-12-26)28-14-15-5-3-4-10-23-15/h1-7,10,13,16H,8-9,11-12,14H2,(H,24,25). The number of halogens is 1. The van der Waals surface area contributed by atoms with Gasteiger partial charge in [-0.1, -0.05) is 18.2 Å². The lowest BCUT2D eigenvalue weighted by Gasteiger charge is -2.32. The van der Waals surface area contributed by atoms with Crippen molar-refractivity contribution in [1.29, 1.82) is 0 Å². The van der Waals surface area contributed by atoms with E-state index in [1.165, 1.54) is 12.3 Å². The molecule has 4 rings (SSSR count). The van der Waals surface area contributed by atoms with Crippen molar-refractivity contribution in [2.45, 2.75) is 25.6 Å². The molecule has 1 aromatic carbocycles. The molecule has 0 atom stereocenters. The summed E-state index contributed by atoms with van der Waals surface area (Å²) < 4.78 is 20.0. The van der Waals surface area contributed by atoms with E-state index < -0.39 is 0 Å². The minimum atomic E-state index is -0.387. The van der Waals surface area contributed by atoms with Crippen LogP contribution in [0.5, 0.6) is 0 Å². The van der Waals surface area contributed by atoms with Crippen molar-refractivity contribution in [3.8, 4) is 11.3 Å². The van der Waals surface area contributed by atoms with Crippen LogP contribution in [0.25, 0.3) is 11.3 Å². The highest BCUT2D eigenvalue weighted by Gasteiger charge is 2.27. The summed E-state index contributed by atoms with van der Waals surface area (Å²) in [4.78, 5) is 19.0. The summed E-state index contributed by atoms with van der Waals surface area (Å²) in [5.74, 6) is -0.530. The summed E-state index contributed by atoms with van der Waals surface area (Å²) in [6, 6.07) is 12.1. The SMILES string of the molecule is O=C(c1cn[nH]c1-c1ccccc1F)N1CCC(OCc2ccccn2)CC1. The molecule has 1 fully saturated rings. The molecule has 1 aliphatic heterocycles. The van der Waals surface area contributed by atoms with Crippen molar-refractivity contribution < 1.29 is 13.9 Å². The number of hydrogen-bond acceptors (Lipinski definition) is 4. The number of H-pyrrole nitrogens is 1. The van der Waals surface area contributed by atoms with Gasteiger partial charge in [-0.25, -0.2) is 4.39 Å². The van der Waals surface area contributed by atoms with Crippen LogP contribution in [0, 0.1) is 5.82 Å². The Labute approximate surface area is 162 Å². The zero-order valence-electron chi connectivity index (χ0n) is 15.3. The Bertz CT molecular complexity index is 936. The van der Waals surface area contributed by atoms with E-state index >= 15 is 0 Å². The predicted molar refractivity (Wildman–Crippen MR) is 102 cm³/mol. The van der Waals surface area contributed by atoms with Gasteiger partial charge in [0.1, 0.15) is 5.82 Å². The lowest BCUT2D eigenvalue weighted by Crippen LogP contribution is -2.41. The van der Waals surface area contributed by atoms with Crippen molar-refractivity contribution in [2.24, 2.45) is 0 Å². The molecule has 2 aromatic heterocycles. The molecule has 0 saturated carbocycles. The molecule has 6 nitrogen and oxygen atoms in total. The van der Waals surface area contributed by atoms with Crippen LogP contribution in [0.2, 0.25) is 0 Å². The predicted octanol–water partition coefficient (Wildman–Crippen LogP) is 3.43. The number of nitrogens with zero attached hydrogens (tertiary/aromatic N) is 3. The molecule has 0 radical (unpaired) electrons. The average Bonchev–Trinajstić information content (AvgIpc) is 3.23. The number of likely N-dealkylation sites (tertiary alicyclic amines) is 1. The number of carbonyl (C=O) groups is 1. The molecule has 1 aliphatic rings. The number of aromatic amines is 1. The Morgan fingerprint density at radius 1 is 1.18 bits per heavy atom. The number of amides is 1. The normalized spacial score (nSPS) is 15.0. The lowest BCUT2D eigenvalue weighted by atomic mass is 10.0. The largest absolute Gasteiger partial charge is 0.372 e. The second-order valence-corrected chi connectivity index (χ2v) is 6.76. The molecule has 0 unspecified atom stereocenters. The summed E-state index contributed by atoms with van der Waals surface area (Å²) >= 11 is 0. The molecule has 3 heterocycles. The van der Waals surface area contributed by atoms with Crippen LogP contribution in [-0.4, -0.2) is 45.2 Å². The highest BCUT2D eigenvalue weighted by atomic mass is 19.1. The number of ether oxygens (including phenoxy) is 1. The van der Waals surface area contributed by atoms with E-state index in [1.54, 1.807) is 29.3 Å². The molecule has 1 amide bonds. The second-order valence-electron chi connectivity index (χ2n) is 6.76. The summed E-state index contributed by atoms with van der Waals surface area (Å²) in [5.41, 5.74) is 2.04. The molecular formula is C21H21FN4O2. The summed E-state index contributed by atoms with van der Waals surface area (Å²) in [6.45, 7) is 1.65. The first-order valence-corrected chi connectivity index (χ1v) is 9.31. The van der Waals surface area contributed by atoms with Gasteiger partial charge in [0, 0.05) is 24.8 Å². The monoisotopic (exact) mass is 380 g/mol. The zero-order chi connectivity index (χ0) is 19.3. The summed E-state index contributed by atoms with van der Waals surface area (Å²) in [5, 5.41) is 6.72. The quantitative estimate of drug-likeness (QED) is 0.736. The van der Waals surface area contributed by atoms with Crippen LogP contribution in [0.15, 0.2) is 54.9 Å². The number of carbonyl (C=O) groups excluding carboxylic acids is 1. The molecule has 1 N–H and O–H groups in total. The van der Waals surface area contributed by atoms with Crippen molar-refractivity contribution in [1.82, 2.24) is 20.1 Å². The third-order valence-electron chi connectivity index (χ3n) is 4.94. The van der Waals surface area contributed by atoms with E-state index in [-0.39, 0.29) is 17.8 Å². The first-order chi connectivity index (χ1) is 13.7. The minimum absolute atomic E-state index is 0.0986. The minimum Gasteiger partial charge on any atom is -0.372 e. The Kier molecular flexibility index (Phi) is 5.43. The first-order valence-electron chi connectivity index (χ1n) is 9.31. The van der Waals surface area contributed by atoms with E-state index in [0.717, 1.165) is 18.5 Å². The van der Waals surface area contributed by atoms with E-state index in [9.17, 15) is 9.18 Å². The van der Waals surface area contributed by atoms with Gasteiger partial charge < -0.3 is 9.64 Å². The Hall–Kier alpha value is -3.06.